The summed E-state index contributed by atoms with van der Waals surface area (Å²) in [7, 11) is 4.64. The Balaban J connectivity index is 1.86. The third kappa shape index (κ3) is 4.20. The first-order chi connectivity index (χ1) is 16.4. The lowest BCUT2D eigenvalue weighted by atomic mass is 9.97. The van der Waals surface area contributed by atoms with Gasteiger partial charge in [-0.05, 0) is 37.1 Å². The van der Waals surface area contributed by atoms with Gasteiger partial charge in [-0.2, -0.15) is 0 Å². The van der Waals surface area contributed by atoms with Crippen molar-refractivity contribution in [3.63, 3.8) is 0 Å². The minimum atomic E-state index is -0.463. The first kappa shape index (κ1) is 22.9. The quantitative estimate of drug-likeness (QED) is 0.516. The SMILES string of the molecule is COc1cc(NC2=C(c3ccc(C)cc3C)C(=O)N(c3cccc(OC)c3)C2=O)cc(OC)c1. The van der Waals surface area contributed by atoms with Crippen LogP contribution in [0.5, 0.6) is 17.2 Å². The number of carbonyl (C=O) groups excluding carboxylic acids is 2. The van der Waals surface area contributed by atoms with Gasteiger partial charge in [-0.15, -0.1) is 0 Å². The second-order valence-electron chi connectivity index (χ2n) is 7.94. The van der Waals surface area contributed by atoms with Gasteiger partial charge in [0.25, 0.3) is 11.8 Å². The second kappa shape index (κ2) is 9.31. The summed E-state index contributed by atoms with van der Waals surface area (Å²) < 4.78 is 16.0. The van der Waals surface area contributed by atoms with Crippen LogP contribution in [0.15, 0.2) is 66.4 Å². The first-order valence-corrected chi connectivity index (χ1v) is 10.7. The van der Waals surface area contributed by atoms with Crippen LogP contribution in [0, 0.1) is 13.8 Å². The molecule has 1 heterocycles. The Labute approximate surface area is 198 Å². The molecule has 7 heteroatoms. The molecule has 1 N–H and O–H groups in total. The van der Waals surface area contributed by atoms with Crippen molar-refractivity contribution in [3.8, 4) is 17.2 Å². The number of hydrogen-bond donors (Lipinski definition) is 1. The molecule has 4 rings (SSSR count). The third-order valence-corrected chi connectivity index (χ3v) is 5.67. The summed E-state index contributed by atoms with van der Waals surface area (Å²) in [5.41, 5.74) is 4.11. The zero-order chi connectivity index (χ0) is 24.4. The molecule has 34 heavy (non-hydrogen) atoms. The maximum atomic E-state index is 13.7. The molecule has 0 aromatic heterocycles. The van der Waals surface area contributed by atoms with E-state index in [1.807, 2.05) is 32.0 Å². The van der Waals surface area contributed by atoms with Crippen LogP contribution in [-0.2, 0) is 9.59 Å². The van der Waals surface area contributed by atoms with Crippen molar-refractivity contribution in [2.45, 2.75) is 13.8 Å². The topological polar surface area (TPSA) is 77.1 Å². The van der Waals surface area contributed by atoms with E-state index in [1.165, 1.54) is 7.11 Å². The molecule has 3 aromatic carbocycles. The molecule has 3 aromatic rings. The zero-order valence-corrected chi connectivity index (χ0v) is 19.8. The molecular formula is C27H26N2O5. The van der Waals surface area contributed by atoms with Gasteiger partial charge < -0.3 is 19.5 Å². The number of ether oxygens (including phenoxy) is 3. The van der Waals surface area contributed by atoms with Crippen LogP contribution in [0.1, 0.15) is 16.7 Å². The van der Waals surface area contributed by atoms with Crippen LogP contribution >= 0.6 is 0 Å². The normalized spacial score (nSPS) is 13.4. The Morgan fingerprint density at radius 3 is 2.03 bits per heavy atom. The van der Waals surface area contributed by atoms with E-state index in [-0.39, 0.29) is 5.70 Å². The number of benzene rings is 3. The highest BCUT2D eigenvalue weighted by molar-refractivity contribution is 6.46. The van der Waals surface area contributed by atoms with Gasteiger partial charge in [0.05, 0.1) is 32.6 Å². The number of nitrogens with one attached hydrogen (secondary N) is 1. The van der Waals surface area contributed by atoms with Gasteiger partial charge in [-0.1, -0.05) is 29.8 Å². The second-order valence-corrected chi connectivity index (χ2v) is 7.94. The van der Waals surface area contributed by atoms with Crippen molar-refractivity contribution in [2.75, 3.05) is 31.5 Å². The molecule has 1 aliphatic heterocycles. The summed E-state index contributed by atoms with van der Waals surface area (Å²) in [5, 5.41) is 3.17. The summed E-state index contributed by atoms with van der Waals surface area (Å²) in [5.74, 6) is 0.775. The maximum Gasteiger partial charge on any atom is 0.282 e. The van der Waals surface area contributed by atoms with Gasteiger partial charge in [0.1, 0.15) is 22.9 Å². The highest BCUT2D eigenvalue weighted by atomic mass is 16.5. The first-order valence-electron chi connectivity index (χ1n) is 10.7. The predicted molar refractivity (Wildman–Crippen MR) is 131 cm³/mol. The average molecular weight is 459 g/mol. The van der Waals surface area contributed by atoms with Crippen molar-refractivity contribution in [3.05, 3.63) is 83.1 Å². The van der Waals surface area contributed by atoms with Crippen LogP contribution in [0.4, 0.5) is 11.4 Å². The van der Waals surface area contributed by atoms with E-state index < -0.39 is 11.8 Å². The lowest BCUT2D eigenvalue weighted by Gasteiger charge is -2.16. The molecule has 0 radical (unpaired) electrons. The Bertz CT molecular complexity index is 1290. The standard InChI is InChI=1S/C27H26N2O5/c1-16-9-10-23(17(2)11-16)24-25(28-18-12-21(33-4)15-22(13-18)34-5)27(31)29(26(24)30)19-7-6-8-20(14-19)32-3/h6-15,28H,1-5H3. The average Bonchev–Trinajstić information content (AvgIpc) is 3.07. The molecule has 0 bridgehead atoms. The van der Waals surface area contributed by atoms with Crippen molar-refractivity contribution in [1.29, 1.82) is 0 Å². The molecule has 0 saturated heterocycles. The maximum absolute atomic E-state index is 13.7. The number of carbonyl (C=O) groups is 2. The molecule has 1 aliphatic rings. The van der Waals surface area contributed by atoms with Crippen LogP contribution < -0.4 is 24.4 Å². The highest BCUT2D eigenvalue weighted by Gasteiger charge is 2.41. The van der Waals surface area contributed by atoms with E-state index in [1.54, 1.807) is 56.7 Å². The number of rotatable bonds is 7. The summed E-state index contributed by atoms with van der Waals surface area (Å²) >= 11 is 0. The molecule has 0 atom stereocenters. The van der Waals surface area contributed by atoms with Crippen molar-refractivity contribution in [2.24, 2.45) is 0 Å². The lowest BCUT2D eigenvalue weighted by molar-refractivity contribution is -0.120. The summed E-state index contributed by atoms with van der Waals surface area (Å²) in [6, 6.07) is 17.8. The van der Waals surface area contributed by atoms with E-state index >= 15 is 0 Å². The Hall–Kier alpha value is -4.26. The molecule has 7 nitrogen and oxygen atoms in total. The number of amides is 2. The minimum absolute atomic E-state index is 0.176. The third-order valence-electron chi connectivity index (χ3n) is 5.67. The van der Waals surface area contributed by atoms with Crippen LogP contribution in [0.25, 0.3) is 5.57 Å². The smallest absolute Gasteiger partial charge is 0.282 e. The van der Waals surface area contributed by atoms with Crippen molar-refractivity contribution < 1.29 is 23.8 Å². The molecule has 174 valence electrons. The molecule has 0 fully saturated rings. The van der Waals surface area contributed by atoms with Gasteiger partial charge in [0.2, 0.25) is 0 Å². The number of nitrogens with zero attached hydrogens (tertiary/aromatic N) is 1. The van der Waals surface area contributed by atoms with Crippen LogP contribution in [-0.4, -0.2) is 33.1 Å². The molecule has 0 spiro atoms. The number of anilines is 2. The van der Waals surface area contributed by atoms with Gasteiger partial charge in [-0.3, -0.25) is 9.59 Å². The van der Waals surface area contributed by atoms with Crippen LogP contribution in [0.2, 0.25) is 0 Å². The number of aryl methyl sites for hydroxylation is 2. The molecular weight excluding hydrogens is 432 g/mol. The number of hydrogen-bond acceptors (Lipinski definition) is 6. The molecule has 2 amide bonds. The molecule has 0 aliphatic carbocycles. The van der Waals surface area contributed by atoms with Crippen molar-refractivity contribution in [1.82, 2.24) is 0 Å². The fraction of sp³-hybridized carbons (Fsp3) is 0.185. The Morgan fingerprint density at radius 2 is 1.41 bits per heavy atom. The highest BCUT2D eigenvalue weighted by Crippen LogP contribution is 2.37. The summed E-state index contributed by atoms with van der Waals surface area (Å²) in [6.45, 7) is 3.91. The van der Waals surface area contributed by atoms with E-state index in [0.29, 0.717) is 39.8 Å². The monoisotopic (exact) mass is 458 g/mol. The zero-order valence-electron chi connectivity index (χ0n) is 19.8. The van der Waals surface area contributed by atoms with Gasteiger partial charge >= 0.3 is 0 Å². The number of methoxy groups -OCH3 is 3. The van der Waals surface area contributed by atoms with E-state index in [0.717, 1.165) is 16.0 Å². The van der Waals surface area contributed by atoms with Gasteiger partial charge in [0, 0.05) is 30.0 Å². The molecule has 0 unspecified atom stereocenters. The van der Waals surface area contributed by atoms with Crippen molar-refractivity contribution >= 4 is 28.8 Å². The van der Waals surface area contributed by atoms with E-state index in [2.05, 4.69) is 5.32 Å². The Morgan fingerprint density at radius 1 is 0.735 bits per heavy atom. The lowest BCUT2D eigenvalue weighted by Crippen LogP contribution is -2.32. The van der Waals surface area contributed by atoms with Gasteiger partial charge in [-0.25, -0.2) is 4.90 Å². The fourth-order valence-corrected chi connectivity index (χ4v) is 4.00. The van der Waals surface area contributed by atoms with Gasteiger partial charge in [0.15, 0.2) is 0 Å². The largest absolute Gasteiger partial charge is 0.497 e. The van der Waals surface area contributed by atoms with Crippen LogP contribution in [0.3, 0.4) is 0 Å². The minimum Gasteiger partial charge on any atom is -0.497 e. The Kier molecular flexibility index (Phi) is 6.27. The molecule has 0 saturated carbocycles. The van der Waals surface area contributed by atoms with E-state index in [4.69, 9.17) is 14.2 Å². The van der Waals surface area contributed by atoms with E-state index in [9.17, 15) is 9.59 Å². The fourth-order valence-electron chi connectivity index (χ4n) is 4.00. The number of imide groups is 1. The predicted octanol–water partition coefficient (Wildman–Crippen LogP) is 4.73. The summed E-state index contributed by atoms with van der Waals surface area (Å²) in [6.07, 6.45) is 0. The summed E-state index contributed by atoms with van der Waals surface area (Å²) in [4.78, 5) is 28.6.